The molecule has 2 heterocycles. The van der Waals surface area contributed by atoms with Crippen LogP contribution in [0.1, 0.15) is 41.1 Å². The lowest BCUT2D eigenvalue weighted by atomic mass is 10.1. The number of benzene rings is 1. The van der Waals surface area contributed by atoms with E-state index in [0.717, 1.165) is 36.6 Å². The number of aryl methyl sites for hydroxylation is 1. The minimum atomic E-state index is -0.156. The van der Waals surface area contributed by atoms with Gasteiger partial charge in [-0.3, -0.25) is 4.79 Å². The van der Waals surface area contributed by atoms with E-state index in [0.29, 0.717) is 18.1 Å². The average molecular weight is 354 g/mol. The van der Waals surface area contributed by atoms with Crippen molar-refractivity contribution in [2.75, 3.05) is 31.6 Å². The summed E-state index contributed by atoms with van der Waals surface area (Å²) in [4.78, 5) is 23.6. The molecule has 0 aliphatic carbocycles. The van der Waals surface area contributed by atoms with E-state index in [2.05, 4.69) is 20.2 Å². The number of methoxy groups -OCH3 is 1. The molecule has 0 unspecified atom stereocenters. The number of rotatable bonds is 6. The van der Waals surface area contributed by atoms with E-state index in [1.807, 2.05) is 31.2 Å². The van der Waals surface area contributed by atoms with Crippen molar-refractivity contribution in [3.05, 3.63) is 47.4 Å². The van der Waals surface area contributed by atoms with Crippen molar-refractivity contribution in [3.63, 3.8) is 0 Å². The Hall–Kier alpha value is -2.63. The largest absolute Gasteiger partial charge is 0.497 e. The molecule has 1 amide bonds. The Balaban J connectivity index is 1.61. The summed E-state index contributed by atoms with van der Waals surface area (Å²) in [6.45, 7) is 4.37. The summed E-state index contributed by atoms with van der Waals surface area (Å²) in [5.41, 5.74) is 1.56. The number of carbonyl (C=O) groups is 1. The van der Waals surface area contributed by atoms with Crippen LogP contribution in [0.2, 0.25) is 0 Å². The molecule has 6 nitrogen and oxygen atoms in total. The van der Waals surface area contributed by atoms with Crippen molar-refractivity contribution >= 4 is 11.7 Å². The van der Waals surface area contributed by atoms with Crippen molar-refractivity contribution in [1.82, 2.24) is 15.3 Å². The molecule has 1 aliphatic rings. The summed E-state index contributed by atoms with van der Waals surface area (Å²) in [5.74, 6) is 2.16. The Bertz CT molecular complexity index is 757. The Morgan fingerprint density at radius 1 is 1.19 bits per heavy atom. The number of aromatic nitrogens is 2. The van der Waals surface area contributed by atoms with Crippen LogP contribution in [0.5, 0.6) is 5.75 Å². The summed E-state index contributed by atoms with van der Waals surface area (Å²) in [5, 5.41) is 2.95. The number of carbonyl (C=O) groups excluding carboxylic acids is 1. The van der Waals surface area contributed by atoms with Crippen LogP contribution in [0.15, 0.2) is 30.3 Å². The average Bonchev–Trinajstić information content (AvgIpc) is 2.68. The molecule has 1 N–H and O–H groups in total. The highest BCUT2D eigenvalue weighted by atomic mass is 16.5. The molecule has 1 aromatic heterocycles. The highest BCUT2D eigenvalue weighted by Crippen LogP contribution is 2.18. The third kappa shape index (κ3) is 4.71. The van der Waals surface area contributed by atoms with Gasteiger partial charge in [-0.05, 0) is 50.3 Å². The van der Waals surface area contributed by atoms with Gasteiger partial charge < -0.3 is 15.0 Å². The van der Waals surface area contributed by atoms with Crippen LogP contribution in [0.4, 0.5) is 5.82 Å². The molecule has 6 heteroatoms. The number of nitrogens with zero attached hydrogens (tertiary/aromatic N) is 3. The fourth-order valence-corrected chi connectivity index (χ4v) is 3.19. The summed E-state index contributed by atoms with van der Waals surface area (Å²) >= 11 is 0. The maximum Gasteiger partial charge on any atom is 0.270 e. The minimum absolute atomic E-state index is 0.156. The molecule has 0 spiro atoms. The van der Waals surface area contributed by atoms with Crippen LogP contribution < -0.4 is 15.0 Å². The van der Waals surface area contributed by atoms with Gasteiger partial charge >= 0.3 is 0 Å². The molecular weight excluding hydrogens is 328 g/mol. The van der Waals surface area contributed by atoms with Gasteiger partial charge in [0.05, 0.1) is 7.11 Å². The first kappa shape index (κ1) is 18.2. The van der Waals surface area contributed by atoms with Gasteiger partial charge in [0.25, 0.3) is 5.91 Å². The van der Waals surface area contributed by atoms with Gasteiger partial charge in [-0.2, -0.15) is 0 Å². The number of hydrogen-bond donors (Lipinski definition) is 1. The number of hydrogen-bond acceptors (Lipinski definition) is 5. The predicted octanol–water partition coefficient (Wildman–Crippen LogP) is 2.76. The lowest BCUT2D eigenvalue weighted by Gasteiger charge is -2.28. The molecule has 0 radical (unpaired) electrons. The summed E-state index contributed by atoms with van der Waals surface area (Å²) in [7, 11) is 1.65. The van der Waals surface area contributed by atoms with E-state index in [-0.39, 0.29) is 5.91 Å². The van der Waals surface area contributed by atoms with Crippen LogP contribution in [-0.4, -0.2) is 42.6 Å². The second kappa shape index (κ2) is 8.65. The third-order valence-corrected chi connectivity index (χ3v) is 4.57. The molecule has 138 valence electrons. The van der Waals surface area contributed by atoms with Crippen molar-refractivity contribution < 1.29 is 9.53 Å². The van der Waals surface area contributed by atoms with Gasteiger partial charge in [0.15, 0.2) is 0 Å². The Morgan fingerprint density at radius 2 is 2.00 bits per heavy atom. The summed E-state index contributed by atoms with van der Waals surface area (Å²) < 4.78 is 5.23. The maximum atomic E-state index is 12.5. The fraction of sp³-hybridized carbons (Fsp3) is 0.450. The fourth-order valence-electron chi connectivity index (χ4n) is 3.19. The summed E-state index contributed by atoms with van der Waals surface area (Å²) in [6, 6.07) is 9.68. The first-order valence-corrected chi connectivity index (χ1v) is 9.17. The Morgan fingerprint density at radius 3 is 2.77 bits per heavy atom. The van der Waals surface area contributed by atoms with Gasteiger partial charge in [-0.15, -0.1) is 0 Å². The first-order chi connectivity index (χ1) is 12.7. The van der Waals surface area contributed by atoms with Crippen molar-refractivity contribution in [3.8, 4) is 5.75 Å². The second-order valence-electron chi connectivity index (χ2n) is 6.56. The zero-order valence-corrected chi connectivity index (χ0v) is 15.5. The van der Waals surface area contributed by atoms with Gasteiger partial charge in [0.1, 0.15) is 23.1 Å². The lowest BCUT2D eigenvalue weighted by molar-refractivity contribution is 0.0948. The monoisotopic (exact) mass is 354 g/mol. The Kier molecular flexibility index (Phi) is 6.04. The third-order valence-electron chi connectivity index (χ3n) is 4.57. The van der Waals surface area contributed by atoms with Gasteiger partial charge in [0.2, 0.25) is 0 Å². The Labute approximate surface area is 154 Å². The molecule has 26 heavy (non-hydrogen) atoms. The van der Waals surface area contributed by atoms with Gasteiger partial charge in [0, 0.05) is 25.7 Å². The molecular formula is C20H26N4O2. The highest BCUT2D eigenvalue weighted by Gasteiger charge is 2.16. The topological polar surface area (TPSA) is 67.3 Å². The normalized spacial score (nSPS) is 14.2. The lowest BCUT2D eigenvalue weighted by Crippen LogP contribution is -2.32. The molecule has 0 saturated carbocycles. The molecule has 0 bridgehead atoms. The molecule has 1 aromatic carbocycles. The zero-order chi connectivity index (χ0) is 18.4. The van der Waals surface area contributed by atoms with E-state index in [9.17, 15) is 4.79 Å². The molecule has 1 fully saturated rings. The van der Waals surface area contributed by atoms with Crippen LogP contribution in [0.3, 0.4) is 0 Å². The summed E-state index contributed by atoms with van der Waals surface area (Å²) in [6.07, 6.45) is 4.35. The van der Waals surface area contributed by atoms with Crippen LogP contribution in [0.25, 0.3) is 0 Å². The molecule has 3 rings (SSSR count). The van der Waals surface area contributed by atoms with Crippen LogP contribution >= 0.6 is 0 Å². The molecule has 2 aromatic rings. The number of amides is 1. The predicted molar refractivity (Wildman–Crippen MR) is 102 cm³/mol. The number of anilines is 1. The van der Waals surface area contributed by atoms with E-state index in [1.165, 1.54) is 19.3 Å². The highest BCUT2D eigenvalue weighted by molar-refractivity contribution is 5.92. The van der Waals surface area contributed by atoms with Crippen molar-refractivity contribution in [2.24, 2.45) is 0 Å². The maximum absolute atomic E-state index is 12.5. The van der Waals surface area contributed by atoms with Crippen molar-refractivity contribution in [1.29, 1.82) is 0 Å². The molecule has 0 atom stereocenters. The minimum Gasteiger partial charge on any atom is -0.497 e. The van der Waals surface area contributed by atoms with Gasteiger partial charge in [-0.25, -0.2) is 9.97 Å². The van der Waals surface area contributed by atoms with Crippen LogP contribution in [-0.2, 0) is 6.42 Å². The van der Waals surface area contributed by atoms with Gasteiger partial charge in [-0.1, -0.05) is 12.1 Å². The second-order valence-corrected chi connectivity index (χ2v) is 6.56. The number of nitrogens with one attached hydrogen (secondary N) is 1. The SMILES string of the molecule is COc1cccc(CCNC(=O)c2cc(N3CCCCC3)nc(C)n2)c1. The first-order valence-electron chi connectivity index (χ1n) is 9.17. The zero-order valence-electron chi connectivity index (χ0n) is 15.5. The number of piperidine rings is 1. The van der Waals surface area contributed by atoms with E-state index in [4.69, 9.17) is 4.74 Å². The van der Waals surface area contributed by atoms with E-state index < -0.39 is 0 Å². The van der Waals surface area contributed by atoms with E-state index in [1.54, 1.807) is 13.2 Å². The van der Waals surface area contributed by atoms with Crippen LogP contribution in [0, 0.1) is 6.92 Å². The van der Waals surface area contributed by atoms with Crippen molar-refractivity contribution in [2.45, 2.75) is 32.6 Å². The number of ether oxygens (including phenoxy) is 1. The standard InChI is InChI=1S/C20H26N4O2/c1-15-22-18(14-19(23-15)24-11-4-3-5-12-24)20(25)21-10-9-16-7-6-8-17(13-16)26-2/h6-8,13-14H,3-5,9-12H2,1-2H3,(H,21,25). The smallest absolute Gasteiger partial charge is 0.270 e. The molecule has 1 saturated heterocycles. The quantitative estimate of drug-likeness (QED) is 0.864. The van der Waals surface area contributed by atoms with E-state index >= 15 is 0 Å². The molecule has 1 aliphatic heterocycles.